The molecule has 80 valence electrons. The first kappa shape index (κ1) is 11.6. The molecule has 0 aliphatic carbocycles. The predicted octanol–water partition coefficient (Wildman–Crippen LogP) is 4.52. The topological polar surface area (TPSA) is 12.0 Å². The quantitative estimate of drug-likeness (QED) is 0.623. The number of nitrogens with one attached hydrogen (secondary N) is 1. The van der Waals surface area contributed by atoms with Crippen LogP contribution >= 0.6 is 11.3 Å². The molecule has 0 radical (unpaired) electrons. The second kappa shape index (κ2) is 7.86. The van der Waals surface area contributed by atoms with E-state index in [1.807, 2.05) is 0 Å². The van der Waals surface area contributed by atoms with Gasteiger partial charge in [-0.15, -0.1) is 11.3 Å². The van der Waals surface area contributed by atoms with E-state index in [9.17, 15) is 0 Å². The molecule has 0 fully saturated rings. The zero-order valence-electron chi connectivity index (χ0n) is 9.09. The lowest BCUT2D eigenvalue weighted by atomic mass is 10.1. The molecule has 0 atom stereocenters. The molecule has 0 saturated heterocycles. The van der Waals surface area contributed by atoms with Crippen molar-refractivity contribution in [1.82, 2.24) is 0 Å². The first-order valence-corrected chi connectivity index (χ1v) is 6.59. The van der Waals surface area contributed by atoms with Gasteiger partial charge in [-0.2, -0.15) is 0 Å². The normalized spacial score (nSPS) is 10.4. The summed E-state index contributed by atoms with van der Waals surface area (Å²) >= 11 is 1.78. The van der Waals surface area contributed by atoms with Crippen LogP contribution in [0.2, 0.25) is 0 Å². The van der Waals surface area contributed by atoms with E-state index in [0.717, 1.165) is 6.54 Å². The lowest BCUT2D eigenvalue weighted by molar-refractivity contribution is 0.617. The van der Waals surface area contributed by atoms with Crippen LogP contribution in [0.15, 0.2) is 17.5 Å². The number of hydrogen-bond donors (Lipinski definition) is 1. The standard InChI is InChI=1S/C12H21NS/c1-2-3-4-5-6-7-10-13-12-9-8-11-14-12/h8-9,11,13H,2-7,10H2,1H3. The maximum atomic E-state index is 3.43. The molecule has 2 heteroatoms. The Bertz CT molecular complexity index is 206. The molecule has 1 aromatic rings. The Morgan fingerprint density at radius 1 is 1.14 bits per heavy atom. The number of hydrogen-bond acceptors (Lipinski definition) is 2. The molecule has 0 saturated carbocycles. The van der Waals surface area contributed by atoms with Gasteiger partial charge in [0.15, 0.2) is 0 Å². The van der Waals surface area contributed by atoms with Crippen molar-refractivity contribution < 1.29 is 0 Å². The molecule has 0 aliphatic rings. The molecule has 1 heterocycles. The van der Waals surface area contributed by atoms with Gasteiger partial charge in [0.2, 0.25) is 0 Å². The largest absolute Gasteiger partial charge is 0.377 e. The summed E-state index contributed by atoms with van der Waals surface area (Å²) in [5.74, 6) is 0. The Morgan fingerprint density at radius 3 is 2.64 bits per heavy atom. The molecular formula is C12H21NS. The lowest BCUT2D eigenvalue weighted by Crippen LogP contribution is -1.99. The smallest absolute Gasteiger partial charge is 0.0882 e. The molecular weight excluding hydrogens is 190 g/mol. The molecule has 1 aromatic heterocycles. The summed E-state index contributed by atoms with van der Waals surface area (Å²) in [6.45, 7) is 3.39. The van der Waals surface area contributed by atoms with E-state index in [0.29, 0.717) is 0 Å². The Hall–Kier alpha value is -0.500. The second-order valence-corrected chi connectivity index (χ2v) is 4.62. The van der Waals surface area contributed by atoms with Crippen LogP contribution in [-0.2, 0) is 0 Å². The Labute approximate surface area is 91.5 Å². The SMILES string of the molecule is CCCCCCCCNc1cccs1. The number of unbranched alkanes of at least 4 members (excludes halogenated alkanes) is 5. The van der Waals surface area contributed by atoms with Crippen molar-refractivity contribution in [2.24, 2.45) is 0 Å². The minimum Gasteiger partial charge on any atom is -0.377 e. The molecule has 14 heavy (non-hydrogen) atoms. The molecule has 0 aromatic carbocycles. The van der Waals surface area contributed by atoms with Gasteiger partial charge >= 0.3 is 0 Å². The summed E-state index contributed by atoms with van der Waals surface area (Å²) in [6, 6.07) is 4.23. The summed E-state index contributed by atoms with van der Waals surface area (Å²) in [7, 11) is 0. The minimum absolute atomic E-state index is 1.13. The number of rotatable bonds is 8. The van der Waals surface area contributed by atoms with Crippen molar-refractivity contribution in [2.45, 2.75) is 45.4 Å². The van der Waals surface area contributed by atoms with E-state index < -0.39 is 0 Å². The third kappa shape index (κ3) is 5.28. The second-order valence-electron chi connectivity index (χ2n) is 3.67. The van der Waals surface area contributed by atoms with Gasteiger partial charge < -0.3 is 5.32 Å². The van der Waals surface area contributed by atoms with Crippen LogP contribution in [0.4, 0.5) is 5.00 Å². The van der Waals surface area contributed by atoms with Gasteiger partial charge in [0.05, 0.1) is 5.00 Å². The van der Waals surface area contributed by atoms with Gasteiger partial charge in [-0.25, -0.2) is 0 Å². The van der Waals surface area contributed by atoms with E-state index in [-0.39, 0.29) is 0 Å². The van der Waals surface area contributed by atoms with Crippen LogP contribution in [0.1, 0.15) is 45.4 Å². The lowest BCUT2D eigenvalue weighted by Gasteiger charge is -2.02. The van der Waals surface area contributed by atoms with Gasteiger partial charge in [0, 0.05) is 6.54 Å². The highest BCUT2D eigenvalue weighted by molar-refractivity contribution is 7.14. The van der Waals surface area contributed by atoms with E-state index >= 15 is 0 Å². The Morgan fingerprint density at radius 2 is 1.93 bits per heavy atom. The van der Waals surface area contributed by atoms with Crippen molar-refractivity contribution in [3.63, 3.8) is 0 Å². The van der Waals surface area contributed by atoms with Crippen LogP contribution < -0.4 is 5.32 Å². The first-order chi connectivity index (χ1) is 6.93. The molecule has 0 spiro atoms. The molecule has 0 bridgehead atoms. The maximum Gasteiger partial charge on any atom is 0.0882 e. The predicted molar refractivity (Wildman–Crippen MR) is 66.2 cm³/mol. The number of anilines is 1. The third-order valence-corrected chi connectivity index (χ3v) is 3.18. The van der Waals surface area contributed by atoms with Crippen LogP contribution in [0.3, 0.4) is 0 Å². The van der Waals surface area contributed by atoms with Gasteiger partial charge in [-0.3, -0.25) is 0 Å². The van der Waals surface area contributed by atoms with Crippen molar-refractivity contribution in [1.29, 1.82) is 0 Å². The van der Waals surface area contributed by atoms with E-state index in [1.54, 1.807) is 11.3 Å². The fourth-order valence-corrected chi connectivity index (χ4v) is 2.14. The minimum atomic E-state index is 1.13. The summed E-state index contributed by atoms with van der Waals surface area (Å²) in [5, 5.41) is 6.85. The van der Waals surface area contributed by atoms with Crippen molar-refractivity contribution in [3.8, 4) is 0 Å². The average Bonchev–Trinajstić information content (AvgIpc) is 2.69. The third-order valence-electron chi connectivity index (χ3n) is 2.35. The summed E-state index contributed by atoms with van der Waals surface area (Å²) in [6.07, 6.45) is 8.24. The highest BCUT2D eigenvalue weighted by Gasteiger charge is 1.92. The van der Waals surface area contributed by atoms with Crippen molar-refractivity contribution >= 4 is 16.3 Å². The molecule has 0 aliphatic heterocycles. The summed E-state index contributed by atoms with van der Waals surface area (Å²) in [4.78, 5) is 0. The molecule has 1 N–H and O–H groups in total. The maximum absolute atomic E-state index is 3.43. The summed E-state index contributed by atoms with van der Waals surface area (Å²) in [5.41, 5.74) is 0. The van der Waals surface area contributed by atoms with Crippen LogP contribution in [0.5, 0.6) is 0 Å². The first-order valence-electron chi connectivity index (χ1n) is 5.71. The molecule has 0 unspecified atom stereocenters. The van der Waals surface area contributed by atoms with E-state index in [1.165, 1.54) is 43.5 Å². The highest BCUT2D eigenvalue weighted by Crippen LogP contribution is 2.15. The fourth-order valence-electron chi connectivity index (χ4n) is 1.50. The summed E-state index contributed by atoms with van der Waals surface area (Å²) < 4.78 is 0. The number of thiophene rings is 1. The van der Waals surface area contributed by atoms with Crippen LogP contribution in [0, 0.1) is 0 Å². The molecule has 1 nitrogen and oxygen atoms in total. The van der Waals surface area contributed by atoms with E-state index in [4.69, 9.17) is 0 Å². The van der Waals surface area contributed by atoms with E-state index in [2.05, 4.69) is 29.8 Å². The molecule has 0 amide bonds. The van der Waals surface area contributed by atoms with Gasteiger partial charge in [0.1, 0.15) is 0 Å². The van der Waals surface area contributed by atoms with Crippen molar-refractivity contribution in [3.05, 3.63) is 17.5 Å². The fraction of sp³-hybridized carbons (Fsp3) is 0.667. The van der Waals surface area contributed by atoms with Gasteiger partial charge in [-0.1, -0.05) is 39.0 Å². The highest BCUT2D eigenvalue weighted by atomic mass is 32.1. The van der Waals surface area contributed by atoms with Crippen molar-refractivity contribution in [2.75, 3.05) is 11.9 Å². The Kier molecular flexibility index (Phi) is 6.50. The Balaban J connectivity index is 1.85. The van der Waals surface area contributed by atoms with Gasteiger partial charge in [-0.05, 0) is 23.9 Å². The molecule has 1 rings (SSSR count). The monoisotopic (exact) mass is 211 g/mol. The zero-order chi connectivity index (χ0) is 10.1. The van der Waals surface area contributed by atoms with Crippen LogP contribution in [-0.4, -0.2) is 6.54 Å². The zero-order valence-corrected chi connectivity index (χ0v) is 9.91. The van der Waals surface area contributed by atoms with Gasteiger partial charge in [0.25, 0.3) is 0 Å². The van der Waals surface area contributed by atoms with Crippen LogP contribution in [0.25, 0.3) is 0 Å². The average molecular weight is 211 g/mol.